The Kier molecular flexibility index (Phi) is 4.90. The van der Waals surface area contributed by atoms with Crippen molar-refractivity contribution in [2.45, 2.75) is 19.4 Å². The van der Waals surface area contributed by atoms with Crippen LogP contribution in [0, 0.1) is 11.3 Å². The lowest BCUT2D eigenvalue weighted by atomic mass is 9.71. The first-order valence-corrected chi connectivity index (χ1v) is 9.84. The van der Waals surface area contributed by atoms with E-state index in [2.05, 4.69) is 22.4 Å². The molecule has 0 aromatic carbocycles. The molecule has 0 saturated carbocycles. The van der Waals surface area contributed by atoms with E-state index in [0.29, 0.717) is 19.1 Å². The van der Waals surface area contributed by atoms with Gasteiger partial charge in [0, 0.05) is 56.2 Å². The largest absolute Gasteiger partial charge is 0.381 e. The molecule has 132 valence electrons. The zero-order valence-corrected chi connectivity index (χ0v) is 14.9. The first-order chi connectivity index (χ1) is 11.8. The van der Waals surface area contributed by atoms with Gasteiger partial charge in [-0.3, -0.25) is 9.69 Å². The van der Waals surface area contributed by atoms with Crippen LogP contribution in [0.1, 0.15) is 17.7 Å². The number of nitrogens with zero attached hydrogens (tertiary/aromatic N) is 2. The van der Waals surface area contributed by atoms with Crippen LogP contribution in [-0.2, 0) is 20.8 Å². The van der Waals surface area contributed by atoms with E-state index in [0.717, 1.165) is 58.8 Å². The van der Waals surface area contributed by atoms with Gasteiger partial charge in [0.25, 0.3) is 0 Å². The molecule has 0 aliphatic carbocycles. The van der Waals surface area contributed by atoms with Crippen LogP contribution >= 0.6 is 11.3 Å². The monoisotopic (exact) mass is 350 g/mol. The number of hydrogen-bond acceptors (Lipinski definition) is 5. The maximum atomic E-state index is 13.2. The molecule has 0 bridgehead atoms. The fourth-order valence-electron chi connectivity index (χ4n) is 4.44. The number of rotatable bonds is 3. The molecule has 4 rings (SSSR count). The van der Waals surface area contributed by atoms with Crippen LogP contribution < -0.4 is 0 Å². The van der Waals surface area contributed by atoms with Crippen molar-refractivity contribution in [3.05, 3.63) is 22.4 Å². The summed E-state index contributed by atoms with van der Waals surface area (Å²) in [6.45, 7) is 7.29. The Morgan fingerprint density at radius 1 is 1.21 bits per heavy atom. The summed E-state index contributed by atoms with van der Waals surface area (Å²) >= 11 is 1.80. The van der Waals surface area contributed by atoms with E-state index < -0.39 is 0 Å². The summed E-state index contributed by atoms with van der Waals surface area (Å²) < 4.78 is 11.0. The first kappa shape index (κ1) is 16.5. The topological polar surface area (TPSA) is 42.0 Å². The number of amides is 1. The van der Waals surface area contributed by atoms with E-state index in [9.17, 15) is 4.79 Å². The van der Waals surface area contributed by atoms with Crippen molar-refractivity contribution in [3.63, 3.8) is 0 Å². The van der Waals surface area contributed by atoms with Crippen molar-refractivity contribution >= 4 is 17.2 Å². The quantitative estimate of drug-likeness (QED) is 0.834. The SMILES string of the molecule is O=C([C@H]1CN(Cc2cccs2)CC12CCOCC2)N1CCOCC1. The predicted molar refractivity (Wildman–Crippen MR) is 93.0 cm³/mol. The fourth-order valence-corrected chi connectivity index (χ4v) is 5.19. The normalized spacial score (nSPS) is 27.7. The zero-order valence-electron chi connectivity index (χ0n) is 14.1. The van der Waals surface area contributed by atoms with Crippen molar-refractivity contribution in [2.75, 3.05) is 52.6 Å². The Hall–Kier alpha value is -0.950. The second kappa shape index (κ2) is 7.12. The zero-order chi connectivity index (χ0) is 16.4. The molecule has 6 heteroatoms. The van der Waals surface area contributed by atoms with Gasteiger partial charge in [0.2, 0.25) is 5.91 Å². The van der Waals surface area contributed by atoms with Gasteiger partial charge in [-0.25, -0.2) is 0 Å². The summed E-state index contributed by atoms with van der Waals surface area (Å²) in [5, 5.41) is 2.13. The lowest BCUT2D eigenvalue weighted by Crippen LogP contribution is -2.49. The van der Waals surface area contributed by atoms with Gasteiger partial charge in [-0.05, 0) is 24.3 Å². The average Bonchev–Trinajstić information content (AvgIpc) is 3.24. The molecule has 1 atom stereocenters. The van der Waals surface area contributed by atoms with Crippen molar-refractivity contribution in [1.82, 2.24) is 9.80 Å². The summed E-state index contributed by atoms with van der Waals surface area (Å²) in [6.07, 6.45) is 2.02. The minimum Gasteiger partial charge on any atom is -0.381 e. The maximum Gasteiger partial charge on any atom is 0.227 e. The molecule has 1 aromatic heterocycles. The van der Waals surface area contributed by atoms with E-state index >= 15 is 0 Å². The van der Waals surface area contributed by atoms with Gasteiger partial charge >= 0.3 is 0 Å². The van der Waals surface area contributed by atoms with E-state index in [1.54, 1.807) is 11.3 Å². The molecule has 0 N–H and O–H groups in total. The Bertz CT molecular complexity index is 551. The lowest BCUT2D eigenvalue weighted by molar-refractivity contribution is -0.144. The summed E-state index contributed by atoms with van der Waals surface area (Å²) in [5.41, 5.74) is 0.102. The van der Waals surface area contributed by atoms with Crippen molar-refractivity contribution in [3.8, 4) is 0 Å². The molecule has 4 heterocycles. The smallest absolute Gasteiger partial charge is 0.227 e. The number of thiophene rings is 1. The van der Waals surface area contributed by atoms with E-state index in [1.165, 1.54) is 4.88 Å². The fraction of sp³-hybridized carbons (Fsp3) is 0.722. The van der Waals surface area contributed by atoms with E-state index in [4.69, 9.17) is 9.47 Å². The Morgan fingerprint density at radius 3 is 2.67 bits per heavy atom. The number of hydrogen-bond donors (Lipinski definition) is 0. The lowest BCUT2D eigenvalue weighted by Gasteiger charge is -2.40. The van der Waals surface area contributed by atoms with Crippen LogP contribution in [-0.4, -0.2) is 68.3 Å². The van der Waals surface area contributed by atoms with Gasteiger partial charge in [-0.1, -0.05) is 6.07 Å². The minimum absolute atomic E-state index is 0.102. The highest BCUT2D eigenvalue weighted by molar-refractivity contribution is 7.09. The molecule has 3 saturated heterocycles. The number of morpholine rings is 1. The van der Waals surface area contributed by atoms with Crippen LogP contribution in [0.15, 0.2) is 17.5 Å². The van der Waals surface area contributed by atoms with Crippen molar-refractivity contribution in [1.29, 1.82) is 0 Å². The molecule has 1 spiro atoms. The third-order valence-corrected chi connectivity index (χ3v) is 6.65. The van der Waals surface area contributed by atoms with Crippen molar-refractivity contribution < 1.29 is 14.3 Å². The number of carbonyl (C=O) groups is 1. The van der Waals surface area contributed by atoms with Crippen LogP contribution in [0.25, 0.3) is 0 Å². The standard InChI is InChI=1S/C18H26N2O3S/c21-17(20-5-9-23-10-6-20)16-13-19(12-15-2-1-11-24-15)14-18(16)3-7-22-8-4-18/h1-2,11,16H,3-10,12-14H2/t16-/m1/s1. The van der Waals surface area contributed by atoms with Gasteiger partial charge in [-0.2, -0.15) is 0 Å². The second-order valence-electron chi connectivity index (χ2n) is 7.21. The number of carbonyl (C=O) groups excluding carboxylic acids is 1. The second-order valence-corrected chi connectivity index (χ2v) is 8.25. The maximum absolute atomic E-state index is 13.2. The third-order valence-electron chi connectivity index (χ3n) is 5.79. The summed E-state index contributed by atoms with van der Waals surface area (Å²) in [6, 6.07) is 4.30. The molecule has 3 aliphatic heterocycles. The molecule has 1 aromatic rings. The molecule has 3 aliphatic rings. The molecular formula is C18H26N2O3S. The minimum atomic E-state index is 0.102. The highest BCUT2D eigenvalue weighted by atomic mass is 32.1. The predicted octanol–water partition coefficient (Wildman–Crippen LogP) is 1.84. The highest BCUT2D eigenvalue weighted by Crippen LogP contribution is 2.45. The molecule has 1 amide bonds. The molecule has 24 heavy (non-hydrogen) atoms. The Morgan fingerprint density at radius 2 is 1.96 bits per heavy atom. The van der Waals surface area contributed by atoms with Crippen LogP contribution in [0.3, 0.4) is 0 Å². The molecule has 3 fully saturated rings. The summed E-state index contributed by atoms with van der Waals surface area (Å²) in [7, 11) is 0. The highest BCUT2D eigenvalue weighted by Gasteiger charge is 2.51. The molecular weight excluding hydrogens is 324 g/mol. The van der Waals surface area contributed by atoms with Gasteiger partial charge in [-0.15, -0.1) is 11.3 Å². The van der Waals surface area contributed by atoms with Gasteiger partial charge in [0.15, 0.2) is 0 Å². The van der Waals surface area contributed by atoms with Crippen molar-refractivity contribution in [2.24, 2.45) is 11.3 Å². The Labute approximate surface area is 147 Å². The van der Waals surface area contributed by atoms with Gasteiger partial charge in [0.1, 0.15) is 0 Å². The van der Waals surface area contributed by atoms with Crippen LogP contribution in [0.2, 0.25) is 0 Å². The summed E-state index contributed by atoms with van der Waals surface area (Å²) in [4.78, 5) is 19.1. The third kappa shape index (κ3) is 3.25. The van der Waals surface area contributed by atoms with E-state index in [-0.39, 0.29) is 11.3 Å². The molecule has 5 nitrogen and oxygen atoms in total. The summed E-state index contributed by atoms with van der Waals surface area (Å²) in [5.74, 6) is 0.452. The van der Waals surface area contributed by atoms with Crippen LogP contribution in [0.4, 0.5) is 0 Å². The molecule has 0 radical (unpaired) electrons. The Balaban J connectivity index is 1.51. The number of ether oxygens (including phenoxy) is 2. The molecule has 0 unspecified atom stereocenters. The van der Waals surface area contributed by atoms with Gasteiger partial charge in [0.05, 0.1) is 19.1 Å². The average molecular weight is 350 g/mol. The van der Waals surface area contributed by atoms with E-state index in [1.807, 2.05) is 4.90 Å². The first-order valence-electron chi connectivity index (χ1n) is 8.96. The van der Waals surface area contributed by atoms with Crippen LogP contribution in [0.5, 0.6) is 0 Å². The van der Waals surface area contributed by atoms with Gasteiger partial charge < -0.3 is 14.4 Å². The number of likely N-dealkylation sites (tertiary alicyclic amines) is 1.